The van der Waals surface area contributed by atoms with E-state index in [2.05, 4.69) is 20.2 Å². The van der Waals surface area contributed by atoms with Crippen molar-refractivity contribution in [3.8, 4) is 6.01 Å². The predicted octanol–water partition coefficient (Wildman–Crippen LogP) is 0.737. The van der Waals surface area contributed by atoms with Crippen molar-refractivity contribution in [3.05, 3.63) is 18.2 Å². The lowest BCUT2D eigenvalue weighted by molar-refractivity contribution is -0.129. The monoisotopic (exact) mass is 294 g/mol. The van der Waals surface area contributed by atoms with Gasteiger partial charge in [-0.1, -0.05) is 0 Å². The molecule has 3 rings (SSSR count). The first-order valence-corrected chi connectivity index (χ1v) is 7.38. The van der Waals surface area contributed by atoms with E-state index in [1.165, 1.54) is 0 Å². The second kappa shape index (κ2) is 6.34. The topological polar surface area (TPSA) is 67.4 Å². The number of nitrogens with one attached hydrogen (secondary N) is 1. The number of carbonyl (C=O) groups excluding carboxylic acids is 1. The lowest BCUT2D eigenvalue weighted by Gasteiger charge is -2.38. The fourth-order valence-electron chi connectivity index (χ4n) is 2.92. The van der Waals surface area contributed by atoms with Crippen LogP contribution in [0.2, 0.25) is 0 Å². The molecule has 1 N–H and O–H groups in total. The van der Waals surface area contributed by atoms with E-state index < -0.39 is 5.82 Å². The molecule has 1 atom stereocenters. The number of likely N-dealkylation sites (tertiary alicyclic amines) is 1. The number of carbonyl (C=O) groups is 1. The molecular formula is C14H19FN4O2. The molecule has 2 fully saturated rings. The summed E-state index contributed by atoms with van der Waals surface area (Å²) in [5, 5.41) is 2.92. The SMILES string of the molecule is O=C1NCCCC1N1CCC(Oc2ncc(F)cn2)CC1. The minimum absolute atomic E-state index is 0.00164. The summed E-state index contributed by atoms with van der Waals surface area (Å²) in [6.45, 7) is 2.44. The Morgan fingerprint density at radius 1 is 1.24 bits per heavy atom. The van der Waals surface area contributed by atoms with Gasteiger partial charge in [0.1, 0.15) is 6.10 Å². The van der Waals surface area contributed by atoms with Crippen LogP contribution in [0.1, 0.15) is 25.7 Å². The minimum Gasteiger partial charge on any atom is -0.460 e. The Kier molecular flexibility index (Phi) is 4.28. The second-order valence-electron chi connectivity index (χ2n) is 5.49. The third-order valence-corrected chi connectivity index (χ3v) is 4.04. The van der Waals surface area contributed by atoms with E-state index in [9.17, 15) is 9.18 Å². The third-order valence-electron chi connectivity index (χ3n) is 4.04. The van der Waals surface area contributed by atoms with Gasteiger partial charge in [-0.05, 0) is 25.7 Å². The largest absolute Gasteiger partial charge is 0.460 e. The third kappa shape index (κ3) is 3.47. The van der Waals surface area contributed by atoms with Crippen molar-refractivity contribution in [1.29, 1.82) is 0 Å². The van der Waals surface area contributed by atoms with Crippen LogP contribution >= 0.6 is 0 Å². The molecule has 21 heavy (non-hydrogen) atoms. The van der Waals surface area contributed by atoms with Gasteiger partial charge < -0.3 is 10.1 Å². The van der Waals surface area contributed by atoms with E-state index in [1.54, 1.807) is 0 Å². The number of piperidine rings is 2. The number of nitrogens with zero attached hydrogens (tertiary/aromatic N) is 3. The summed E-state index contributed by atoms with van der Waals surface area (Å²) < 4.78 is 18.4. The molecule has 3 heterocycles. The summed E-state index contributed by atoms with van der Waals surface area (Å²) in [7, 11) is 0. The van der Waals surface area contributed by atoms with E-state index in [0.29, 0.717) is 0 Å². The number of aromatic nitrogens is 2. The van der Waals surface area contributed by atoms with Crippen molar-refractivity contribution < 1.29 is 13.9 Å². The molecule has 1 unspecified atom stereocenters. The van der Waals surface area contributed by atoms with Gasteiger partial charge in [0, 0.05) is 19.6 Å². The van der Waals surface area contributed by atoms with Crippen molar-refractivity contribution >= 4 is 5.91 Å². The maximum Gasteiger partial charge on any atom is 0.316 e. The quantitative estimate of drug-likeness (QED) is 0.890. The molecule has 2 aliphatic rings. The number of rotatable bonds is 3. The first-order valence-electron chi connectivity index (χ1n) is 7.38. The smallest absolute Gasteiger partial charge is 0.316 e. The summed E-state index contributed by atoms with van der Waals surface area (Å²) in [5.74, 6) is -0.331. The lowest BCUT2D eigenvalue weighted by atomic mass is 10.00. The van der Waals surface area contributed by atoms with Crippen molar-refractivity contribution in [3.63, 3.8) is 0 Å². The molecule has 2 aliphatic heterocycles. The number of hydrogen-bond acceptors (Lipinski definition) is 5. The van der Waals surface area contributed by atoms with Gasteiger partial charge in [0.25, 0.3) is 0 Å². The fourth-order valence-corrected chi connectivity index (χ4v) is 2.92. The fraction of sp³-hybridized carbons (Fsp3) is 0.643. The van der Waals surface area contributed by atoms with Gasteiger partial charge in [0.2, 0.25) is 5.91 Å². The van der Waals surface area contributed by atoms with Gasteiger partial charge in [-0.15, -0.1) is 0 Å². The Hall–Kier alpha value is -1.76. The predicted molar refractivity (Wildman–Crippen MR) is 73.2 cm³/mol. The Morgan fingerprint density at radius 2 is 1.95 bits per heavy atom. The normalized spacial score (nSPS) is 24.6. The van der Waals surface area contributed by atoms with Crippen molar-refractivity contribution in [1.82, 2.24) is 20.2 Å². The first kappa shape index (κ1) is 14.2. The van der Waals surface area contributed by atoms with Crippen LogP contribution in [0.5, 0.6) is 6.01 Å². The molecule has 0 spiro atoms. The maximum atomic E-state index is 12.7. The Balaban J connectivity index is 1.50. The Bertz CT molecular complexity index is 488. The molecule has 0 aromatic carbocycles. The second-order valence-corrected chi connectivity index (χ2v) is 5.49. The van der Waals surface area contributed by atoms with Gasteiger partial charge in [-0.3, -0.25) is 9.69 Å². The zero-order valence-corrected chi connectivity index (χ0v) is 11.8. The van der Waals surface area contributed by atoms with Crippen LogP contribution in [-0.4, -0.2) is 52.6 Å². The Labute approximate surface area is 122 Å². The average molecular weight is 294 g/mol. The zero-order valence-electron chi connectivity index (χ0n) is 11.8. The van der Waals surface area contributed by atoms with E-state index >= 15 is 0 Å². The molecule has 6 nitrogen and oxygen atoms in total. The molecule has 114 valence electrons. The van der Waals surface area contributed by atoms with Crippen molar-refractivity contribution in [2.75, 3.05) is 19.6 Å². The molecule has 0 saturated carbocycles. The van der Waals surface area contributed by atoms with E-state index in [4.69, 9.17) is 4.74 Å². The van der Waals surface area contributed by atoms with Gasteiger partial charge >= 0.3 is 6.01 Å². The summed E-state index contributed by atoms with van der Waals surface area (Å²) in [4.78, 5) is 21.7. The molecule has 1 aromatic rings. The standard InChI is InChI=1S/C14H19FN4O2/c15-10-8-17-14(18-9-10)21-11-3-6-19(7-4-11)12-2-1-5-16-13(12)20/h8-9,11-12H,1-7H2,(H,16,20). The highest BCUT2D eigenvalue weighted by Crippen LogP contribution is 2.20. The van der Waals surface area contributed by atoms with Crippen LogP contribution in [0.15, 0.2) is 12.4 Å². The number of halogens is 1. The van der Waals surface area contributed by atoms with Crippen LogP contribution in [0, 0.1) is 5.82 Å². The molecule has 2 saturated heterocycles. The van der Waals surface area contributed by atoms with Crippen LogP contribution in [0.3, 0.4) is 0 Å². The number of hydrogen-bond donors (Lipinski definition) is 1. The van der Waals surface area contributed by atoms with Crippen LogP contribution in [0.4, 0.5) is 4.39 Å². The zero-order chi connectivity index (χ0) is 14.7. The molecule has 7 heteroatoms. The maximum absolute atomic E-state index is 12.7. The molecule has 0 bridgehead atoms. The van der Waals surface area contributed by atoms with E-state index in [0.717, 1.165) is 57.7 Å². The average Bonchev–Trinajstić information content (AvgIpc) is 2.51. The Morgan fingerprint density at radius 3 is 2.62 bits per heavy atom. The molecule has 1 aromatic heterocycles. The van der Waals surface area contributed by atoms with Gasteiger partial charge in [-0.2, -0.15) is 0 Å². The van der Waals surface area contributed by atoms with Crippen LogP contribution in [0.25, 0.3) is 0 Å². The molecule has 0 radical (unpaired) electrons. The highest BCUT2D eigenvalue weighted by molar-refractivity contribution is 5.82. The summed E-state index contributed by atoms with van der Waals surface area (Å²) in [5.41, 5.74) is 0. The van der Waals surface area contributed by atoms with Crippen LogP contribution in [-0.2, 0) is 4.79 Å². The molecule has 1 amide bonds. The summed E-state index contributed by atoms with van der Waals surface area (Å²) in [6, 6.07) is 0.215. The van der Waals surface area contributed by atoms with Gasteiger partial charge in [-0.25, -0.2) is 14.4 Å². The van der Waals surface area contributed by atoms with E-state index in [-0.39, 0.29) is 24.1 Å². The van der Waals surface area contributed by atoms with E-state index in [1.807, 2.05) is 0 Å². The van der Waals surface area contributed by atoms with Crippen molar-refractivity contribution in [2.45, 2.75) is 37.8 Å². The molecular weight excluding hydrogens is 275 g/mol. The minimum atomic E-state index is -0.472. The van der Waals surface area contributed by atoms with Gasteiger partial charge in [0.15, 0.2) is 5.82 Å². The highest BCUT2D eigenvalue weighted by Gasteiger charge is 2.31. The molecule has 0 aliphatic carbocycles. The number of ether oxygens (including phenoxy) is 1. The summed E-state index contributed by atoms with van der Waals surface area (Å²) in [6.07, 6.45) is 5.84. The lowest BCUT2D eigenvalue weighted by Crippen LogP contribution is -2.53. The summed E-state index contributed by atoms with van der Waals surface area (Å²) >= 11 is 0. The van der Waals surface area contributed by atoms with Crippen molar-refractivity contribution in [2.24, 2.45) is 0 Å². The first-order chi connectivity index (χ1) is 10.2. The van der Waals surface area contributed by atoms with Gasteiger partial charge in [0.05, 0.1) is 18.4 Å². The van der Waals surface area contributed by atoms with Crippen LogP contribution < -0.4 is 10.1 Å². The number of amides is 1. The highest BCUT2D eigenvalue weighted by atomic mass is 19.1.